The summed E-state index contributed by atoms with van der Waals surface area (Å²) in [6.45, 7) is 0.0739. The van der Waals surface area contributed by atoms with Crippen molar-refractivity contribution in [3.63, 3.8) is 0 Å². The summed E-state index contributed by atoms with van der Waals surface area (Å²) in [6, 6.07) is 12.9. The second-order valence-corrected chi connectivity index (χ2v) is 15.3. The van der Waals surface area contributed by atoms with Crippen LogP contribution in [0.3, 0.4) is 0 Å². The fourth-order valence-corrected chi connectivity index (χ4v) is 8.17. The standard InChI is InChI=1S/C35H41N5O8S/c1-46-24-12-9-11-23(18-24)36-28-14-6-4-2-3-5-10-22-20-35(22,33(43)39-49(44,45)26-16-17-26)38-31(41)29-19-25(21-40(29)32(28)42)47-34-37-27-13-7-8-15-30(27)48-34/h5,7-13,15,18,22,25-26,28-29,36H,2-4,6,14,16-17,19-21H2,1H3,(H,38,41)(H,39,43)/t22-,25-,28+,29+,35-/m1/s1. The lowest BCUT2D eigenvalue weighted by atomic mass is 10.0. The number of para-hydroxylation sites is 2. The predicted molar refractivity (Wildman–Crippen MR) is 180 cm³/mol. The Morgan fingerprint density at radius 2 is 1.92 bits per heavy atom. The highest BCUT2D eigenvalue weighted by atomic mass is 32.2. The minimum absolute atomic E-state index is 0.0291. The van der Waals surface area contributed by atoms with Gasteiger partial charge in [-0.1, -0.05) is 43.2 Å². The van der Waals surface area contributed by atoms with Crippen LogP contribution in [0.15, 0.2) is 65.1 Å². The van der Waals surface area contributed by atoms with E-state index in [0.29, 0.717) is 41.8 Å². The molecule has 0 bridgehead atoms. The highest BCUT2D eigenvalue weighted by molar-refractivity contribution is 7.91. The zero-order chi connectivity index (χ0) is 34.2. The van der Waals surface area contributed by atoms with Crippen LogP contribution in [0.1, 0.15) is 57.8 Å². The number of methoxy groups -OCH3 is 1. The highest BCUT2D eigenvalue weighted by Gasteiger charge is 2.62. The molecule has 4 aliphatic rings. The molecule has 3 aromatic rings. The number of nitrogens with one attached hydrogen (secondary N) is 3. The average Bonchev–Trinajstić information content (AvgIpc) is 3.98. The van der Waals surface area contributed by atoms with Gasteiger partial charge in [0.05, 0.1) is 18.9 Å². The normalized spacial score (nSPS) is 27.7. The Morgan fingerprint density at radius 1 is 1.08 bits per heavy atom. The number of amides is 3. The molecule has 3 N–H and O–H groups in total. The summed E-state index contributed by atoms with van der Waals surface area (Å²) in [5.74, 6) is -1.34. The number of benzene rings is 2. The minimum atomic E-state index is -3.85. The van der Waals surface area contributed by atoms with E-state index in [1.807, 2.05) is 48.6 Å². The van der Waals surface area contributed by atoms with Crippen molar-refractivity contribution in [1.29, 1.82) is 0 Å². The van der Waals surface area contributed by atoms with Crippen LogP contribution in [0.2, 0.25) is 0 Å². The third kappa shape index (κ3) is 7.10. The lowest BCUT2D eigenvalue weighted by Gasteiger charge is -2.30. The first-order chi connectivity index (χ1) is 23.6. The van der Waals surface area contributed by atoms with Crippen LogP contribution in [-0.4, -0.2) is 78.7 Å². The van der Waals surface area contributed by atoms with Crippen molar-refractivity contribution in [1.82, 2.24) is 19.9 Å². The maximum absolute atomic E-state index is 14.5. The smallest absolute Gasteiger partial charge is 0.394 e. The number of aromatic nitrogens is 1. The van der Waals surface area contributed by atoms with E-state index >= 15 is 0 Å². The Labute approximate surface area is 284 Å². The molecule has 0 unspecified atom stereocenters. The van der Waals surface area contributed by atoms with Gasteiger partial charge in [-0.15, -0.1) is 0 Å². The number of nitrogens with zero attached hydrogens (tertiary/aromatic N) is 2. The fourth-order valence-electron chi connectivity index (χ4n) is 6.81. The van der Waals surface area contributed by atoms with Crippen LogP contribution in [0.5, 0.6) is 11.8 Å². The van der Waals surface area contributed by atoms with E-state index in [1.165, 1.54) is 4.90 Å². The van der Waals surface area contributed by atoms with Gasteiger partial charge < -0.3 is 29.4 Å². The third-order valence-electron chi connectivity index (χ3n) is 9.80. The molecule has 2 aliphatic heterocycles. The zero-order valence-corrected chi connectivity index (χ0v) is 28.1. The summed E-state index contributed by atoms with van der Waals surface area (Å²) in [5.41, 5.74) is 0.417. The van der Waals surface area contributed by atoms with Gasteiger partial charge in [0.1, 0.15) is 35.0 Å². The average molecular weight is 692 g/mol. The Kier molecular flexibility index (Phi) is 8.99. The SMILES string of the molecule is COc1cccc(N[C@H]2CCCCCC=C[C@@H]3C[C@@]3(C(=O)NS(=O)(=O)C3CC3)NC(=O)[C@@H]3C[C@@H](Oc4nc5ccccc5o4)CN3C2=O)c1. The molecule has 0 radical (unpaired) electrons. The number of allylic oxidation sites excluding steroid dienone is 1. The van der Waals surface area contributed by atoms with E-state index in [2.05, 4.69) is 20.3 Å². The van der Waals surface area contributed by atoms with Gasteiger partial charge in [-0.2, -0.15) is 4.98 Å². The first-order valence-corrected chi connectivity index (χ1v) is 18.5. The topological polar surface area (TPSA) is 169 Å². The number of anilines is 1. The number of rotatable bonds is 8. The summed E-state index contributed by atoms with van der Waals surface area (Å²) in [7, 11) is -2.27. The van der Waals surface area contributed by atoms with Gasteiger partial charge in [0.2, 0.25) is 21.8 Å². The van der Waals surface area contributed by atoms with Crippen molar-refractivity contribution in [2.45, 2.75) is 86.8 Å². The molecule has 3 fully saturated rings. The quantitative estimate of drug-likeness (QED) is 0.297. The number of ether oxygens (including phenoxy) is 2. The Morgan fingerprint density at radius 3 is 2.71 bits per heavy atom. The molecule has 49 heavy (non-hydrogen) atoms. The van der Waals surface area contributed by atoms with Gasteiger partial charge in [0, 0.05) is 24.1 Å². The van der Waals surface area contributed by atoms with E-state index in [0.717, 1.165) is 25.7 Å². The van der Waals surface area contributed by atoms with Crippen LogP contribution in [0.4, 0.5) is 5.69 Å². The maximum Gasteiger partial charge on any atom is 0.394 e. The Hall–Kier alpha value is -4.59. The second-order valence-electron chi connectivity index (χ2n) is 13.4. The van der Waals surface area contributed by atoms with Crippen LogP contribution in [0, 0.1) is 5.92 Å². The minimum Gasteiger partial charge on any atom is -0.497 e. The summed E-state index contributed by atoms with van der Waals surface area (Å²) in [5, 5.41) is 5.68. The number of carbonyl (C=O) groups is 3. The van der Waals surface area contributed by atoms with E-state index < -0.39 is 50.8 Å². The number of carbonyl (C=O) groups excluding carboxylic acids is 3. The van der Waals surface area contributed by atoms with Crippen LogP contribution < -0.4 is 24.8 Å². The summed E-state index contributed by atoms with van der Waals surface area (Å²) >= 11 is 0. The Balaban J connectivity index is 1.18. The van der Waals surface area contributed by atoms with E-state index in [-0.39, 0.29) is 37.3 Å². The number of hydrogen-bond donors (Lipinski definition) is 3. The van der Waals surface area contributed by atoms with Crippen molar-refractivity contribution in [2.24, 2.45) is 5.92 Å². The largest absolute Gasteiger partial charge is 0.497 e. The number of fused-ring (bicyclic) bond motifs is 3. The molecule has 13 nitrogen and oxygen atoms in total. The molecule has 14 heteroatoms. The molecule has 0 spiro atoms. The molecule has 1 aromatic heterocycles. The van der Waals surface area contributed by atoms with Gasteiger partial charge >= 0.3 is 6.08 Å². The molecule has 1 saturated heterocycles. The van der Waals surface area contributed by atoms with Crippen LogP contribution in [0.25, 0.3) is 11.1 Å². The first-order valence-electron chi connectivity index (χ1n) is 16.9. The summed E-state index contributed by atoms with van der Waals surface area (Å²) < 4.78 is 45.1. The molecule has 2 saturated carbocycles. The van der Waals surface area contributed by atoms with Crippen LogP contribution >= 0.6 is 0 Å². The van der Waals surface area contributed by atoms with E-state index in [9.17, 15) is 22.8 Å². The monoisotopic (exact) mass is 691 g/mol. The van der Waals surface area contributed by atoms with E-state index in [1.54, 1.807) is 19.2 Å². The predicted octanol–water partition coefficient (Wildman–Crippen LogP) is 3.67. The molecule has 5 atom stereocenters. The van der Waals surface area contributed by atoms with Gasteiger partial charge in [-0.05, 0) is 62.8 Å². The number of hydrogen-bond acceptors (Lipinski definition) is 10. The molecular weight excluding hydrogens is 650 g/mol. The van der Waals surface area contributed by atoms with Crippen molar-refractivity contribution < 1.29 is 36.7 Å². The van der Waals surface area contributed by atoms with E-state index in [4.69, 9.17) is 13.9 Å². The molecule has 7 rings (SSSR count). The van der Waals surface area contributed by atoms with Crippen molar-refractivity contribution in [3.05, 3.63) is 60.7 Å². The molecule has 2 aromatic carbocycles. The lowest BCUT2D eigenvalue weighted by Crippen LogP contribution is -2.57. The first kappa shape index (κ1) is 32.9. The molecule has 3 heterocycles. The third-order valence-corrected chi connectivity index (χ3v) is 11.6. The van der Waals surface area contributed by atoms with Gasteiger partial charge in [0.15, 0.2) is 5.58 Å². The fraction of sp³-hybridized carbons (Fsp3) is 0.486. The van der Waals surface area contributed by atoms with Gasteiger partial charge in [-0.3, -0.25) is 19.1 Å². The van der Waals surface area contributed by atoms with Crippen molar-refractivity contribution in [2.75, 3.05) is 19.0 Å². The van der Waals surface area contributed by atoms with Crippen LogP contribution in [-0.2, 0) is 24.4 Å². The number of oxazole rings is 1. The van der Waals surface area contributed by atoms with Gasteiger partial charge in [-0.25, -0.2) is 8.42 Å². The zero-order valence-electron chi connectivity index (χ0n) is 27.3. The Bertz CT molecular complexity index is 1840. The van der Waals surface area contributed by atoms with Gasteiger partial charge in [0.25, 0.3) is 5.91 Å². The van der Waals surface area contributed by atoms with Crippen molar-refractivity contribution in [3.8, 4) is 11.8 Å². The molecule has 3 amide bonds. The maximum atomic E-state index is 14.5. The summed E-state index contributed by atoms with van der Waals surface area (Å²) in [6.07, 6.45) is 8.43. The van der Waals surface area contributed by atoms with Crippen molar-refractivity contribution >= 4 is 44.5 Å². The lowest BCUT2D eigenvalue weighted by molar-refractivity contribution is -0.140. The molecule has 2 aliphatic carbocycles. The molecule has 260 valence electrons. The highest BCUT2D eigenvalue weighted by Crippen LogP contribution is 2.46. The summed E-state index contributed by atoms with van der Waals surface area (Å²) in [4.78, 5) is 48.2. The number of sulfonamides is 1. The molecular formula is C35H41N5O8S. The second kappa shape index (κ2) is 13.4.